The second kappa shape index (κ2) is 14.1. The zero-order valence-electron chi connectivity index (χ0n) is 27.4. The fourth-order valence-electron chi connectivity index (χ4n) is 7.30. The normalized spacial score (nSPS) is 17.2. The van der Waals surface area contributed by atoms with E-state index in [9.17, 15) is 9.59 Å². The van der Waals surface area contributed by atoms with E-state index < -0.39 is 5.97 Å². The van der Waals surface area contributed by atoms with Gasteiger partial charge in [0.15, 0.2) is 11.5 Å². The third kappa shape index (κ3) is 6.76. The summed E-state index contributed by atoms with van der Waals surface area (Å²) in [5.41, 5.74) is 5.11. The van der Waals surface area contributed by atoms with Gasteiger partial charge in [0.2, 0.25) is 5.91 Å². The summed E-state index contributed by atoms with van der Waals surface area (Å²) < 4.78 is 7.87. The molecule has 6 heterocycles. The van der Waals surface area contributed by atoms with Crippen molar-refractivity contribution in [1.82, 2.24) is 29.9 Å². The third-order valence-electron chi connectivity index (χ3n) is 10.0. The molecule has 2 saturated heterocycles. The second-order valence-corrected chi connectivity index (χ2v) is 13.1. The molecule has 0 spiro atoms. The van der Waals surface area contributed by atoms with Gasteiger partial charge >= 0.3 is 5.97 Å². The van der Waals surface area contributed by atoms with Crippen LogP contribution in [0, 0.1) is 17.8 Å². The summed E-state index contributed by atoms with van der Waals surface area (Å²) >= 11 is 0. The monoisotopic (exact) mass is 647 g/mol. The van der Waals surface area contributed by atoms with Crippen molar-refractivity contribution in [3.05, 3.63) is 65.2 Å². The van der Waals surface area contributed by atoms with E-state index in [0.29, 0.717) is 18.5 Å². The van der Waals surface area contributed by atoms with Crippen molar-refractivity contribution < 1.29 is 19.4 Å². The van der Waals surface area contributed by atoms with Gasteiger partial charge in [0.1, 0.15) is 5.69 Å². The van der Waals surface area contributed by atoms with Crippen molar-refractivity contribution in [2.75, 3.05) is 37.7 Å². The molecule has 1 amide bonds. The molecule has 4 aromatic rings. The SMILES string of the molecule is CC(=O)N1CCc2c(c(-c3cccc4cc(C#CCCCC5CCN(c6ccc(C(=O)O)nn6)CC5)ncc34)nn2C2CCOCC2)C1. The van der Waals surface area contributed by atoms with Gasteiger partial charge in [0, 0.05) is 87.6 Å². The maximum atomic E-state index is 12.3. The topological polar surface area (TPSA) is 127 Å². The van der Waals surface area contributed by atoms with Crippen LogP contribution in [-0.4, -0.2) is 79.7 Å². The summed E-state index contributed by atoms with van der Waals surface area (Å²) in [4.78, 5) is 32.2. The Morgan fingerprint density at radius 1 is 1.04 bits per heavy atom. The molecule has 11 nitrogen and oxygen atoms in total. The van der Waals surface area contributed by atoms with Crippen LogP contribution in [0.15, 0.2) is 42.6 Å². The zero-order chi connectivity index (χ0) is 33.0. The van der Waals surface area contributed by atoms with E-state index in [1.54, 1.807) is 13.0 Å². The lowest BCUT2D eigenvalue weighted by Gasteiger charge is -2.32. The van der Waals surface area contributed by atoms with Crippen LogP contribution in [0.2, 0.25) is 0 Å². The molecule has 0 aliphatic carbocycles. The van der Waals surface area contributed by atoms with Gasteiger partial charge in [-0.1, -0.05) is 24.1 Å². The number of benzene rings is 1. The number of unbranched alkanes of at least 4 members (excludes halogenated alkanes) is 1. The molecule has 1 aromatic carbocycles. The number of anilines is 1. The van der Waals surface area contributed by atoms with E-state index in [-0.39, 0.29) is 11.6 Å². The quantitative estimate of drug-likeness (QED) is 0.211. The molecule has 48 heavy (non-hydrogen) atoms. The highest BCUT2D eigenvalue weighted by atomic mass is 16.5. The molecule has 11 heteroatoms. The van der Waals surface area contributed by atoms with Gasteiger partial charge < -0.3 is 19.6 Å². The molecule has 0 radical (unpaired) electrons. The van der Waals surface area contributed by atoms with Crippen LogP contribution in [-0.2, 0) is 22.5 Å². The maximum absolute atomic E-state index is 12.3. The number of amides is 1. The van der Waals surface area contributed by atoms with Crippen molar-refractivity contribution in [3.63, 3.8) is 0 Å². The van der Waals surface area contributed by atoms with Crippen LogP contribution in [0.25, 0.3) is 22.0 Å². The number of carboxylic acids is 1. The van der Waals surface area contributed by atoms with Crippen LogP contribution in [0.5, 0.6) is 0 Å². The van der Waals surface area contributed by atoms with Crippen molar-refractivity contribution >= 4 is 28.5 Å². The molecule has 0 saturated carbocycles. The number of rotatable bonds is 7. The van der Waals surface area contributed by atoms with E-state index in [1.165, 1.54) is 11.8 Å². The van der Waals surface area contributed by atoms with Gasteiger partial charge in [-0.25, -0.2) is 9.78 Å². The summed E-state index contributed by atoms with van der Waals surface area (Å²) in [6.07, 6.45) is 9.78. The van der Waals surface area contributed by atoms with Gasteiger partial charge in [-0.3, -0.25) is 9.48 Å². The number of fused-ring (bicyclic) bond motifs is 2. The first-order valence-corrected chi connectivity index (χ1v) is 17.1. The molecule has 3 aliphatic heterocycles. The fraction of sp³-hybridized carbons (Fsp3) is 0.459. The van der Waals surface area contributed by atoms with E-state index in [2.05, 4.69) is 55.9 Å². The van der Waals surface area contributed by atoms with Gasteiger partial charge in [0.05, 0.1) is 11.7 Å². The van der Waals surface area contributed by atoms with Crippen molar-refractivity contribution in [1.29, 1.82) is 0 Å². The molecule has 7 rings (SSSR count). The first kappa shape index (κ1) is 31.8. The molecular formula is C37H41N7O4. The standard InChI is InChI=1S/C37H41N7O4/c1-25(45)43-19-14-34-32(24-43)36(41-44(34)29-15-20-48-21-16-29)30-9-5-7-27-22-28(38-23-31(27)30)8-4-2-3-6-26-12-17-42(18-13-26)35-11-10-33(37(46)47)39-40-35/h5,7,9-11,22-23,26,29H,2-3,6,12-21,24H2,1H3,(H,46,47). The molecule has 0 unspecified atom stereocenters. The Morgan fingerprint density at radius 3 is 2.62 bits per heavy atom. The Kier molecular flexibility index (Phi) is 9.34. The Balaban J connectivity index is 0.998. The predicted molar refractivity (Wildman–Crippen MR) is 182 cm³/mol. The van der Waals surface area contributed by atoms with Crippen LogP contribution in [0.3, 0.4) is 0 Å². The van der Waals surface area contributed by atoms with Gasteiger partial charge in [-0.2, -0.15) is 5.10 Å². The molecule has 248 valence electrons. The lowest BCUT2D eigenvalue weighted by Crippen LogP contribution is -2.35. The van der Waals surface area contributed by atoms with Gasteiger partial charge in [0.25, 0.3) is 0 Å². The lowest BCUT2D eigenvalue weighted by atomic mass is 9.91. The average Bonchev–Trinajstić information content (AvgIpc) is 3.50. The van der Waals surface area contributed by atoms with Crippen LogP contribution in [0.4, 0.5) is 5.82 Å². The highest BCUT2D eigenvalue weighted by Crippen LogP contribution is 2.37. The molecule has 0 bridgehead atoms. The fourth-order valence-corrected chi connectivity index (χ4v) is 7.30. The number of carbonyl (C=O) groups excluding carboxylic acids is 1. The van der Waals surface area contributed by atoms with Gasteiger partial charge in [-0.15, -0.1) is 10.2 Å². The minimum absolute atomic E-state index is 0.0334. The number of carboxylic acid groups (broad SMARTS) is 1. The molecule has 1 N–H and O–H groups in total. The smallest absolute Gasteiger partial charge is 0.356 e. The van der Waals surface area contributed by atoms with Crippen LogP contribution >= 0.6 is 0 Å². The van der Waals surface area contributed by atoms with Crippen molar-refractivity contribution in [2.24, 2.45) is 5.92 Å². The summed E-state index contributed by atoms with van der Waals surface area (Å²) in [7, 11) is 0. The number of piperidine rings is 1. The summed E-state index contributed by atoms with van der Waals surface area (Å²) in [5.74, 6) is 7.05. The molecule has 3 aromatic heterocycles. The van der Waals surface area contributed by atoms with E-state index >= 15 is 0 Å². The van der Waals surface area contributed by atoms with E-state index in [1.807, 2.05) is 11.1 Å². The first-order chi connectivity index (χ1) is 23.4. The Bertz CT molecular complexity index is 1860. The zero-order valence-corrected chi connectivity index (χ0v) is 27.4. The Labute approximate surface area is 280 Å². The number of carbonyl (C=O) groups is 2. The molecule has 2 fully saturated rings. The van der Waals surface area contributed by atoms with Crippen LogP contribution < -0.4 is 4.90 Å². The number of hydrogen-bond donors (Lipinski definition) is 1. The van der Waals surface area contributed by atoms with Gasteiger partial charge in [-0.05, 0) is 73.9 Å². The number of hydrogen-bond acceptors (Lipinski definition) is 8. The largest absolute Gasteiger partial charge is 0.476 e. The number of aromatic carboxylic acids is 1. The molecule has 3 aliphatic rings. The molecule has 0 atom stereocenters. The van der Waals surface area contributed by atoms with E-state index in [0.717, 1.165) is 123 Å². The van der Waals surface area contributed by atoms with E-state index in [4.69, 9.17) is 19.9 Å². The minimum atomic E-state index is -1.06. The third-order valence-corrected chi connectivity index (χ3v) is 10.0. The lowest BCUT2D eigenvalue weighted by molar-refractivity contribution is -0.129. The average molecular weight is 648 g/mol. The summed E-state index contributed by atoms with van der Waals surface area (Å²) in [5, 5.41) is 24.3. The number of pyridine rings is 1. The maximum Gasteiger partial charge on any atom is 0.356 e. The Hall–Kier alpha value is -4.82. The highest BCUT2D eigenvalue weighted by molar-refractivity contribution is 5.96. The number of nitrogens with zero attached hydrogens (tertiary/aromatic N) is 7. The first-order valence-electron chi connectivity index (χ1n) is 17.1. The highest BCUT2D eigenvalue weighted by Gasteiger charge is 2.30. The molecular weight excluding hydrogens is 606 g/mol. The van der Waals surface area contributed by atoms with Crippen molar-refractivity contribution in [2.45, 2.75) is 70.9 Å². The minimum Gasteiger partial charge on any atom is -0.476 e. The Morgan fingerprint density at radius 2 is 1.88 bits per heavy atom. The summed E-state index contributed by atoms with van der Waals surface area (Å²) in [6.45, 7) is 6.23. The number of aromatic nitrogens is 5. The second-order valence-electron chi connectivity index (χ2n) is 13.1. The predicted octanol–water partition coefficient (Wildman–Crippen LogP) is 5.28. The van der Waals surface area contributed by atoms with Crippen molar-refractivity contribution in [3.8, 4) is 23.1 Å². The number of ether oxygens (including phenoxy) is 1. The summed E-state index contributed by atoms with van der Waals surface area (Å²) in [6, 6.07) is 11.9. The van der Waals surface area contributed by atoms with Crippen LogP contribution in [0.1, 0.15) is 85.4 Å².